The molecular weight excluding hydrogens is 376 g/mol. The Kier molecular flexibility index (Phi) is 8.95. The van der Waals surface area contributed by atoms with Crippen molar-refractivity contribution in [2.45, 2.75) is 32.1 Å². The third-order valence-corrected chi connectivity index (χ3v) is 4.75. The van der Waals surface area contributed by atoms with Crippen molar-refractivity contribution < 1.29 is 14.3 Å². The predicted molar refractivity (Wildman–Crippen MR) is 116 cm³/mol. The Morgan fingerprint density at radius 3 is 2.25 bits per heavy atom. The quantitative estimate of drug-likeness (QED) is 0.635. The van der Waals surface area contributed by atoms with Gasteiger partial charge in [0.25, 0.3) is 0 Å². The molecule has 2 aromatic carbocycles. The molecule has 28 heavy (non-hydrogen) atoms. The maximum Gasteiger partial charge on any atom is 0.224 e. The summed E-state index contributed by atoms with van der Waals surface area (Å²) in [7, 11) is 1.63. The van der Waals surface area contributed by atoms with E-state index in [-0.39, 0.29) is 18.3 Å². The van der Waals surface area contributed by atoms with Crippen LogP contribution in [0.4, 0.5) is 11.4 Å². The first-order valence-corrected chi connectivity index (χ1v) is 9.66. The fraction of sp³-hybridized carbons (Fsp3) is 0.409. The standard InChI is InChI=1S/C22H28N2O3.ClH/c1-26-20-11-13-21(14-12-20)27-17-5-6-22(25)23-18-7-9-19(10-8-18)24-15-3-2-4-16-24;/h7-14H,2-6,15-17H2,1H3,(H,23,25);1H. The SMILES string of the molecule is COc1ccc(OCCCC(=O)Nc2ccc(N3CCCCC3)cc2)cc1.Cl. The van der Waals surface area contributed by atoms with Gasteiger partial charge in [0.2, 0.25) is 5.91 Å². The Morgan fingerprint density at radius 1 is 0.964 bits per heavy atom. The molecule has 0 unspecified atom stereocenters. The van der Waals surface area contributed by atoms with Crippen molar-refractivity contribution in [3.05, 3.63) is 48.5 Å². The zero-order valence-electron chi connectivity index (χ0n) is 16.4. The highest BCUT2D eigenvalue weighted by molar-refractivity contribution is 5.90. The van der Waals surface area contributed by atoms with E-state index < -0.39 is 0 Å². The number of carbonyl (C=O) groups excluding carboxylic acids is 1. The Labute approximate surface area is 173 Å². The molecule has 3 rings (SSSR count). The van der Waals surface area contributed by atoms with Crippen molar-refractivity contribution >= 4 is 29.7 Å². The third-order valence-electron chi connectivity index (χ3n) is 4.75. The van der Waals surface area contributed by atoms with Crippen molar-refractivity contribution in [1.82, 2.24) is 0 Å². The lowest BCUT2D eigenvalue weighted by Gasteiger charge is -2.28. The number of halogens is 1. The van der Waals surface area contributed by atoms with E-state index >= 15 is 0 Å². The first-order chi connectivity index (χ1) is 13.2. The lowest BCUT2D eigenvalue weighted by molar-refractivity contribution is -0.116. The number of anilines is 2. The zero-order chi connectivity index (χ0) is 18.9. The molecule has 2 aromatic rings. The van der Waals surface area contributed by atoms with Gasteiger partial charge in [-0.25, -0.2) is 0 Å². The van der Waals surface area contributed by atoms with Gasteiger partial charge in [-0.3, -0.25) is 4.79 Å². The van der Waals surface area contributed by atoms with Crippen LogP contribution in [0.1, 0.15) is 32.1 Å². The van der Waals surface area contributed by atoms with Crippen molar-refractivity contribution in [2.75, 3.05) is 37.0 Å². The maximum absolute atomic E-state index is 12.1. The average molecular weight is 405 g/mol. The van der Waals surface area contributed by atoms with Crippen LogP contribution in [0.3, 0.4) is 0 Å². The van der Waals surface area contributed by atoms with Gasteiger partial charge in [0.05, 0.1) is 13.7 Å². The number of carbonyl (C=O) groups is 1. The van der Waals surface area contributed by atoms with Crippen LogP contribution in [0.25, 0.3) is 0 Å². The van der Waals surface area contributed by atoms with Gasteiger partial charge >= 0.3 is 0 Å². The fourth-order valence-electron chi connectivity index (χ4n) is 3.23. The second-order valence-electron chi connectivity index (χ2n) is 6.77. The summed E-state index contributed by atoms with van der Waals surface area (Å²) in [6, 6.07) is 15.6. The molecule has 6 heteroatoms. The number of hydrogen-bond acceptors (Lipinski definition) is 4. The van der Waals surface area contributed by atoms with Crippen molar-refractivity contribution in [1.29, 1.82) is 0 Å². The molecule has 0 saturated carbocycles. The van der Waals surface area contributed by atoms with Gasteiger partial charge in [-0.1, -0.05) is 0 Å². The highest BCUT2D eigenvalue weighted by atomic mass is 35.5. The second kappa shape index (κ2) is 11.4. The summed E-state index contributed by atoms with van der Waals surface area (Å²) in [5.74, 6) is 1.59. The summed E-state index contributed by atoms with van der Waals surface area (Å²) in [5, 5.41) is 2.96. The van der Waals surface area contributed by atoms with E-state index in [4.69, 9.17) is 9.47 Å². The number of nitrogens with zero attached hydrogens (tertiary/aromatic N) is 1. The highest BCUT2D eigenvalue weighted by Crippen LogP contribution is 2.22. The number of amides is 1. The minimum atomic E-state index is 0. The summed E-state index contributed by atoms with van der Waals surface area (Å²) in [4.78, 5) is 14.5. The van der Waals surface area contributed by atoms with Crippen LogP contribution in [0, 0.1) is 0 Å². The van der Waals surface area contributed by atoms with Crippen LogP contribution in [0.15, 0.2) is 48.5 Å². The van der Waals surface area contributed by atoms with Gasteiger partial charge in [-0.05, 0) is 74.2 Å². The number of methoxy groups -OCH3 is 1. The van der Waals surface area contributed by atoms with E-state index in [1.807, 2.05) is 36.4 Å². The molecule has 1 saturated heterocycles. The summed E-state index contributed by atoms with van der Waals surface area (Å²) < 4.78 is 10.8. The van der Waals surface area contributed by atoms with E-state index in [9.17, 15) is 4.79 Å². The topological polar surface area (TPSA) is 50.8 Å². The Bertz CT molecular complexity index is 714. The molecule has 0 aliphatic carbocycles. The Morgan fingerprint density at radius 2 is 1.61 bits per heavy atom. The van der Waals surface area contributed by atoms with E-state index in [1.165, 1.54) is 24.9 Å². The Balaban J connectivity index is 0.00000280. The van der Waals surface area contributed by atoms with Gasteiger partial charge < -0.3 is 19.7 Å². The highest BCUT2D eigenvalue weighted by Gasteiger charge is 2.11. The van der Waals surface area contributed by atoms with Crippen LogP contribution in [-0.4, -0.2) is 32.7 Å². The number of benzene rings is 2. The molecule has 0 bridgehead atoms. The van der Waals surface area contributed by atoms with Gasteiger partial charge in [-0.2, -0.15) is 0 Å². The lowest BCUT2D eigenvalue weighted by Crippen LogP contribution is -2.29. The van der Waals surface area contributed by atoms with Gasteiger partial charge in [0, 0.05) is 30.9 Å². The van der Waals surface area contributed by atoms with Crippen molar-refractivity contribution in [3.63, 3.8) is 0 Å². The van der Waals surface area contributed by atoms with Gasteiger partial charge in [0.1, 0.15) is 11.5 Å². The number of ether oxygens (including phenoxy) is 2. The smallest absolute Gasteiger partial charge is 0.224 e. The molecule has 1 aliphatic rings. The predicted octanol–water partition coefficient (Wildman–Crippen LogP) is 4.91. The van der Waals surface area contributed by atoms with Crippen LogP contribution in [0.5, 0.6) is 11.5 Å². The summed E-state index contributed by atoms with van der Waals surface area (Å²) in [6.07, 6.45) is 4.95. The molecule has 1 amide bonds. The molecule has 1 heterocycles. The molecule has 0 aromatic heterocycles. The normalized spacial score (nSPS) is 13.4. The van der Waals surface area contributed by atoms with E-state index in [2.05, 4.69) is 22.3 Å². The largest absolute Gasteiger partial charge is 0.497 e. The van der Waals surface area contributed by atoms with E-state index in [1.54, 1.807) is 7.11 Å². The van der Waals surface area contributed by atoms with Gasteiger partial charge in [0.15, 0.2) is 0 Å². The zero-order valence-corrected chi connectivity index (χ0v) is 17.2. The summed E-state index contributed by atoms with van der Waals surface area (Å²) >= 11 is 0. The van der Waals surface area contributed by atoms with Crippen molar-refractivity contribution in [3.8, 4) is 11.5 Å². The molecule has 0 spiro atoms. The van der Waals surface area contributed by atoms with E-state index in [0.717, 1.165) is 30.3 Å². The number of rotatable bonds is 8. The minimum absolute atomic E-state index is 0. The molecule has 0 radical (unpaired) electrons. The molecule has 1 fully saturated rings. The molecule has 1 N–H and O–H groups in total. The molecule has 5 nitrogen and oxygen atoms in total. The Hall–Kier alpha value is -2.40. The molecule has 0 atom stereocenters. The first kappa shape index (κ1) is 21.9. The number of piperidine rings is 1. The summed E-state index contributed by atoms with van der Waals surface area (Å²) in [6.45, 7) is 2.76. The number of nitrogens with one attached hydrogen (secondary N) is 1. The monoisotopic (exact) mass is 404 g/mol. The fourth-order valence-corrected chi connectivity index (χ4v) is 3.23. The van der Waals surface area contributed by atoms with Crippen LogP contribution >= 0.6 is 12.4 Å². The van der Waals surface area contributed by atoms with Gasteiger partial charge in [-0.15, -0.1) is 12.4 Å². The first-order valence-electron chi connectivity index (χ1n) is 9.66. The second-order valence-corrected chi connectivity index (χ2v) is 6.77. The average Bonchev–Trinajstić information content (AvgIpc) is 2.73. The molecule has 152 valence electrons. The lowest BCUT2D eigenvalue weighted by atomic mass is 10.1. The minimum Gasteiger partial charge on any atom is -0.497 e. The summed E-state index contributed by atoms with van der Waals surface area (Å²) in [5.41, 5.74) is 2.08. The molecule has 1 aliphatic heterocycles. The van der Waals surface area contributed by atoms with Crippen molar-refractivity contribution in [2.24, 2.45) is 0 Å². The number of hydrogen-bond donors (Lipinski definition) is 1. The third kappa shape index (κ3) is 6.64. The maximum atomic E-state index is 12.1. The van der Waals surface area contributed by atoms with Crippen LogP contribution in [0.2, 0.25) is 0 Å². The van der Waals surface area contributed by atoms with E-state index in [0.29, 0.717) is 19.4 Å². The molecular formula is C22H29ClN2O3. The van der Waals surface area contributed by atoms with Crippen LogP contribution in [-0.2, 0) is 4.79 Å². The van der Waals surface area contributed by atoms with Crippen LogP contribution < -0.4 is 19.7 Å².